The van der Waals surface area contributed by atoms with Crippen LogP contribution in [0.4, 0.5) is 0 Å². The average molecular weight is 417 g/mol. The van der Waals surface area contributed by atoms with Crippen LogP contribution in [0.2, 0.25) is 0 Å². The van der Waals surface area contributed by atoms with E-state index in [4.69, 9.17) is 4.74 Å². The lowest BCUT2D eigenvalue weighted by atomic mass is 9.79. The van der Waals surface area contributed by atoms with Crippen molar-refractivity contribution in [2.45, 2.75) is 88.9 Å². The second-order valence-corrected chi connectivity index (χ2v) is 16.1. The van der Waals surface area contributed by atoms with Gasteiger partial charge in [-0.2, -0.15) is 0 Å². The number of sulfone groups is 2. The summed E-state index contributed by atoms with van der Waals surface area (Å²) < 4.78 is 58.1. The smallest absolute Gasteiger partial charge is 0.183 e. The molecule has 6 atom stereocenters. The zero-order valence-corrected chi connectivity index (χ0v) is 18.8. The fraction of sp³-hybridized carbons (Fsp3) is 0.900. The predicted molar refractivity (Wildman–Crippen MR) is 105 cm³/mol. The molecule has 2 heterocycles. The number of fused-ring (bicyclic) bond motifs is 9. The van der Waals surface area contributed by atoms with Gasteiger partial charge in [0.1, 0.15) is 0 Å². The first-order valence-electron chi connectivity index (χ1n) is 10.1. The lowest BCUT2D eigenvalue weighted by Crippen LogP contribution is -2.42. The van der Waals surface area contributed by atoms with E-state index in [9.17, 15) is 16.8 Å². The highest BCUT2D eigenvalue weighted by Gasteiger charge is 2.67. The lowest BCUT2D eigenvalue weighted by molar-refractivity contribution is 0.0705. The van der Waals surface area contributed by atoms with E-state index in [2.05, 4.69) is 0 Å². The molecule has 4 aliphatic rings. The molecule has 0 unspecified atom stereocenters. The monoisotopic (exact) mass is 416 g/mol. The van der Waals surface area contributed by atoms with Gasteiger partial charge in [0.05, 0.1) is 31.5 Å². The highest BCUT2D eigenvalue weighted by molar-refractivity contribution is 8.00. The van der Waals surface area contributed by atoms with Crippen LogP contribution in [0.1, 0.15) is 67.2 Å². The van der Waals surface area contributed by atoms with Crippen LogP contribution >= 0.6 is 0 Å². The van der Waals surface area contributed by atoms with E-state index in [1.807, 2.05) is 0 Å². The van der Waals surface area contributed by atoms with Gasteiger partial charge in [0.2, 0.25) is 0 Å². The molecule has 5 nitrogen and oxygen atoms in total. The molecule has 0 aromatic carbocycles. The van der Waals surface area contributed by atoms with Gasteiger partial charge < -0.3 is 4.74 Å². The number of ether oxygens (including phenoxy) is 1. The van der Waals surface area contributed by atoms with E-state index in [1.165, 1.54) is 0 Å². The molecule has 2 saturated carbocycles. The Labute approximate surface area is 163 Å². The van der Waals surface area contributed by atoms with Crippen molar-refractivity contribution < 1.29 is 21.6 Å². The summed E-state index contributed by atoms with van der Waals surface area (Å²) in [5, 5.41) is 0. The summed E-state index contributed by atoms with van der Waals surface area (Å²) in [5.74, 6) is 1.25. The third kappa shape index (κ3) is 2.49. The third-order valence-electron chi connectivity index (χ3n) is 7.23. The third-order valence-corrected chi connectivity index (χ3v) is 12.6. The molecule has 0 amide bonds. The molecule has 4 rings (SSSR count). The van der Waals surface area contributed by atoms with Crippen LogP contribution in [0.3, 0.4) is 0 Å². The van der Waals surface area contributed by atoms with Gasteiger partial charge in [-0.25, -0.2) is 16.8 Å². The molecular weight excluding hydrogens is 384 g/mol. The quantitative estimate of drug-likeness (QED) is 0.689. The van der Waals surface area contributed by atoms with E-state index < -0.39 is 41.4 Å². The van der Waals surface area contributed by atoms with Gasteiger partial charge in [-0.15, -0.1) is 0 Å². The van der Waals surface area contributed by atoms with Gasteiger partial charge in [0.15, 0.2) is 19.7 Å². The predicted octanol–water partition coefficient (Wildman–Crippen LogP) is 3.46. The molecule has 0 radical (unpaired) electrons. The Hall–Kier alpha value is -0.400. The molecule has 7 heteroatoms. The fourth-order valence-electron chi connectivity index (χ4n) is 5.82. The summed E-state index contributed by atoms with van der Waals surface area (Å²) in [4.78, 5) is 0.174. The first-order valence-corrected chi connectivity index (χ1v) is 13.0. The second kappa shape index (κ2) is 5.60. The Morgan fingerprint density at radius 1 is 0.741 bits per heavy atom. The molecule has 154 valence electrons. The van der Waals surface area contributed by atoms with Crippen molar-refractivity contribution in [2.24, 2.45) is 23.7 Å². The van der Waals surface area contributed by atoms with Crippen molar-refractivity contribution in [3.8, 4) is 0 Å². The SMILES string of the molecule is CC(C)(C)S(=O)(=O)C1=C(S(=O)(=O)C(C)(C)C)[C@H]2O[C@H]1[C@@H]1[C@H]3CCC[C@@H](C3)[C@@H]12. The van der Waals surface area contributed by atoms with Crippen molar-refractivity contribution >= 4 is 19.7 Å². The highest BCUT2D eigenvalue weighted by Crippen LogP contribution is 2.64. The highest BCUT2D eigenvalue weighted by atomic mass is 32.2. The van der Waals surface area contributed by atoms with Crippen molar-refractivity contribution in [3.63, 3.8) is 0 Å². The topological polar surface area (TPSA) is 77.5 Å². The van der Waals surface area contributed by atoms with Crippen LogP contribution in [0.5, 0.6) is 0 Å². The summed E-state index contributed by atoms with van der Waals surface area (Å²) in [5.41, 5.74) is 0. The maximum absolute atomic E-state index is 13.5. The van der Waals surface area contributed by atoms with Gasteiger partial charge in [0.25, 0.3) is 0 Å². The molecule has 3 fully saturated rings. The minimum absolute atomic E-state index is 0.0868. The van der Waals surface area contributed by atoms with Crippen molar-refractivity contribution in [3.05, 3.63) is 9.81 Å². The van der Waals surface area contributed by atoms with Crippen molar-refractivity contribution in [1.29, 1.82) is 0 Å². The van der Waals surface area contributed by atoms with E-state index in [-0.39, 0.29) is 21.6 Å². The Morgan fingerprint density at radius 3 is 1.44 bits per heavy atom. The first kappa shape index (κ1) is 19.9. The minimum atomic E-state index is -3.79. The van der Waals surface area contributed by atoms with E-state index in [0.717, 1.165) is 25.7 Å². The largest absolute Gasteiger partial charge is 0.363 e. The molecular formula is C20H32O5S2. The molecule has 2 aliphatic carbocycles. The standard InChI is InChI=1S/C20H32O5S2/c1-19(2,3)26(21,22)17-15-13-11-8-7-9-12(10-11)14(13)16(25-15)18(17)27(23,24)20(4,5)6/h11-16H,7-10H2,1-6H3/t11-,12-,13-,14+,15-,16-/m0/s1. The van der Waals surface area contributed by atoms with Crippen LogP contribution in [0.25, 0.3) is 0 Å². The summed E-state index contributed by atoms with van der Waals surface area (Å²) in [6.07, 6.45) is 3.30. The van der Waals surface area contributed by atoms with Crippen LogP contribution in [-0.2, 0) is 24.4 Å². The van der Waals surface area contributed by atoms with Gasteiger partial charge >= 0.3 is 0 Å². The zero-order chi connectivity index (χ0) is 20.2. The summed E-state index contributed by atoms with van der Waals surface area (Å²) in [6, 6.07) is 0. The maximum atomic E-state index is 13.5. The molecule has 27 heavy (non-hydrogen) atoms. The zero-order valence-electron chi connectivity index (χ0n) is 17.2. The van der Waals surface area contributed by atoms with Gasteiger partial charge in [-0.05, 0) is 71.6 Å². The van der Waals surface area contributed by atoms with Gasteiger partial charge in [0, 0.05) is 0 Å². The van der Waals surface area contributed by atoms with Crippen molar-refractivity contribution in [1.82, 2.24) is 0 Å². The second-order valence-electron chi connectivity index (χ2n) is 10.8. The van der Waals surface area contributed by atoms with Gasteiger partial charge in [-0.1, -0.05) is 19.3 Å². The number of rotatable bonds is 2. The van der Waals surface area contributed by atoms with Crippen molar-refractivity contribution in [2.75, 3.05) is 0 Å². The summed E-state index contributed by atoms with van der Waals surface area (Å²) in [6.45, 7) is 9.88. The molecule has 0 aromatic heterocycles. The average Bonchev–Trinajstić information content (AvgIpc) is 3.14. The maximum Gasteiger partial charge on any atom is 0.183 e. The summed E-state index contributed by atoms with van der Waals surface area (Å²) in [7, 11) is -7.58. The van der Waals surface area contributed by atoms with Crippen LogP contribution in [0.15, 0.2) is 9.81 Å². The molecule has 2 aliphatic heterocycles. The van der Waals surface area contributed by atoms with E-state index in [1.54, 1.807) is 41.5 Å². The van der Waals surface area contributed by atoms with Crippen LogP contribution < -0.4 is 0 Å². The molecule has 1 saturated heterocycles. The number of hydrogen-bond donors (Lipinski definition) is 0. The molecule has 0 N–H and O–H groups in total. The van der Waals surface area contributed by atoms with E-state index >= 15 is 0 Å². The molecule has 4 bridgehead atoms. The van der Waals surface area contributed by atoms with Gasteiger partial charge in [-0.3, -0.25) is 0 Å². The Kier molecular flexibility index (Phi) is 4.13. The normalized spacial score (nSPS) is 39.2. The van der Waals surface area contributed by atoms with E-state index in [0.29, 0.717) is 11.8 Å². The van der Waals surface area contributed by atoms with Crippen LogP contribution in [-0.4, -0.2) is 38.5 Å². The number of hydrogen-bond acceptors (Lipinski definition) is 5. The first-order chi connectivity index (χ1) is 12.2. The fourth-order valence-corrected chi connectivity index (χ4v) is 9.59. The lowest BCUT2D eigenvalue weighted by Gasteiger charge is -2.34. The van der Waals surface area contributed by atoms with Crippen LogP contribution in [0, 0.1) is 23.7 Å². The minimum Gasteiger partial charge on any atom is -0.363 e. The Balaban J connectivity index is 1.97. The summed E-state index contributed by atoms with van der Waals surface area (Å²) >= 11 is 0. The molecule has 0 aromatic rings. The molecule has 0 spiro atoms. The Morgan fingerprint density at radius 2 is 1.11 bits per heavy atom. The Bertz CT molecular complexity index is 827.